The van der Waals surface area contributed by atoms with Crippen LogP contribution in [0.1, 0.15) is 32.6 Å². The number of alkyl halides is 1. The molecule has 0 radical (unpaired) electrons. The number of nitrogens with zero attached hydrogens (tertiary/aromatic N) is 7. The summed E-state index contributed by atoms with van der Waals surface area (Å²) in [4.78, 5) is 34.4. The number of likely N-dealkylation sites (N-methyl/N-ethyl adjacent to an activating group) is 2. The second kappa shape index (κ2) is 17.1. The maximum atomic E-state index is 16.2. The molecule has 52 heavy (non-hydrogen) atoms. The third kappa shape index (κ3) is 8.23. The van der Waals surface area contributed by atoms with Crippen LogP contribution in [0.5, 0.6) is 6.01 Å². The molecule has 0 aliphatic carbocycles. The average molecular weight is 734 g/mol. The molecule has 3 aliphatic rings. The van der Waals surface area contributed by atoms with Gasteiger partial charge in [0.25, 0.3) is 5.91 Å². The molecular formula is C39H46ClF2N7O3. The van der Waals surface area contributed by atoms with Crippen molar-refractivity contribution >= 4 is 45.0 Å². The fraction of sp³-hybridized carbons (Fsp3) is 0.487. The van der Waals surface area contributed by atoms with E-state index in [1.54, 1.807) is 30.3 Å². The van der Waals surface area contributed by atoms with Gasteiger partial charge in [0.15, 0.2) is 5.82 Å². The minimum atomic E-state index is -0.592. The monoisotopic (exact) mass is 733 g/mol. The van der Waals surface area contributed by atoms with Gasteiger partial charge in [-0.3, -0.25) is 19.6 Å². The molecule has 2 aromatic heterocycles. The van der Waals surface area contributed by atoms with Gasteiger partial charge in [-0.1, -0.05) is 54.8 Å². The van der Waals surface area contributed by atoms with E-state index in [2.05, 4.69) is 36.6 Å². The number of carbonyl (C=O) groups excluding carboxylic acids is 1. The number of aromatic nitrogens is 3. The molecule has 1 amide bonds. The molecule has 0 N–H and O–H groups in total. The van der Waals surface area contributed by atoms with Crippen molar-refractivity contribution in [2.24, 2.45) is 0 Å². The van der Waals surface area contributed by atoms with Gasteiger partial charge in [-0.05, 0) is 56.1 Å². The highest BCUT2D eigenvalue weighted by Crippen LogP contribution is 2.37. The van der Waals surface area contributed by atoms with E-state index in [0.29, 0.717) is 72.4 Å². The van der Waals surface area contributed by atoms with Crippen molar-refractivity contribution in [2.45, 2.75) is 50.9 Å². The molecule has 13 heteroatoms. The number of methoxy groups -OCH3 is 2. The van der Waals surface area contributed by atoms with Gasteiger partial charge in [0.05, 0.1) is 25.6 Å². The first-order valence-electron chi connectivity index (χ1n) is 17.9. The second-order valence-corrected chi connectivity index (χ2v) is 13.9. The number of hydrogen-bond acceptors (Lipinski definition) is 9. The second-order valence-electron chi connectivity index (χ2n) is 13.5. The van der Waals surface area contributed by atoms with Crippen LogP contribution in [0.25, 0.3) is 32.9 Å². The number of likely N-dealkylation sites (tertiary alicyclic amines) is 1. The molecule has 2 aromatic carbocycles. The third-order valence-electron chi connectivity index (χ3n) is 10.3. The molecule has 5 heterocycles. The molecule has 0 spiro atoms. The summed E-state index contributed by atoms with van der Waals surface area (Å²) in [7, 11) is 4.98. The predicted molar refractivity (Wildman–Crippen MR) is 201 cm³/mol. The standard InChI is InChI=1S/C32H34ClFN6O3.C7H12FN/c1-5-39(17-18-42-3)15-8-13-26(41)40-16-14-22(20-40)38(2)31-24-19-35-29(28(34)30(24)36-32(37-31)43-4)23-11-6-9-21-10-7-12-25(33)27(21)23;8-6-4-7-2-1-3-9(7)5-6/h6-7,9-12,19,22H,5,14-18,20H2,1-4H3;6-7H,1-5H2. The Labute approximate surface area is 309 Å². The lowest BCUT2D eigenvalue weighted by Crippen LogP contribution is -2.37. The summed E-state index contributed by atoms with van der Waals surface area (Å²) in [6.45, 7) is 7.62. The Hall–Kier alpha value is -4.15. The molecule has 3 atom stereocenters. The summed E-state index contributed by atoms with van der Waals surface area (Å²) >= 11 is 6.52. The summed E-state index contributed by atoms with van der Waals surface area (Å²) in [6, 6.07) is 11.7. The highest BCUT2D eigenvalue weighted by Gasteiger charge is 2.35. The molecule has 276 valence electrons. The van der Waals surface area contributed by atoms with Crippen LogP contribution >= 0.6 is 11.6 Å². The number of halogens is 3. The van der Waals surface area contributed by atoms with Crippen molar-refractivity contribution in [1.29, 1.82) is 0 Å². The van der Waals surface area contributed by atoms with E-state index in [1.807, 2.05) is 43.1 Å². The van der Waals surface area contributed by atoms with Gasteiger partial charge in [0.1, 0.15) is 23.2 Å². The molecule has 3 saturated heterocycles. The number of carbonyl (C=O) groups is 1. The Kier molecular flexibility index (Phi) is 12.4. The number of fused-ring (bicyclic) bond motifs is 3. The summed E-state index contributed by atoms with van der Waals surface area (Å²) in [6.07, 6.45) is 5.10. The van der Waals surface area contributed by atoms with Gasteiger partial charge in [-0.15, -0.1) is 0 Å². The number of rotatable bonds is 9. The highest BCUT2D eigenvalue weighted by molar-refractivity contribution is 6.36. The minimum absolute atomic E-state index is 0.0344. The largest absolute Gasteiger partial charge is 0.467 e. The molecule has 10 nitrogen and oxygen atoms in total. The first-order valence-corrected chi connectivity index (χ1v) is 18.3. The molecular weight excluding hydrogens is 688 g/mol. The minimum Gasteiger partial charge on any atom is -0.467 e. The highest BCUT2D eigenvalue weighted by atomic mass is 35.5. The van der Waals surface area contributed by atoms with Crippen molar-refractivity contribution in [3.05, 3.63) is 53.4 Å². The predicted octanol–water partition coefficient (Wildman–Crippen LogP) is 5.85. The molecule has 3 unspecified atom stereocenters. The van der Waals surface area contributed by atoms with Crippen LogP contribution in [0.3, 0.4) is 0 Å². The zero-order valence-corrected chi connectivity index (χ0v) is 31.0. The Balaban J connectivity index is 0.000000444. The smallest absolute Gasteiger partial charge is 0.318 e. The van der Waals surface area contributed by atoms with Crippen molar-refractivity contribution in [3.8, 4) is 29.1 Å². The SMILES string of the molecule is CCN(CC#CC(=O)N1CCC(N(C)c2nc(OC)nc3c(F)c(-c4cccc5cccc(Cl)c45)ncc23)C1)CCOC.FC1CC2CCCN2C1. The fourth-order valence-electron chi connectivity index (χ4n) is 7.38. The van der Waals surface area contributed by atoms with E-state index in [9.17, 15) is 9.18 Å². The average Bonchev–Trinajstić information content (AvgIpc) is 3.90. The lowest BCUT2D eigenvalue weighted by Gasteiger charge is -2.27. The van der Waals surface area contributed by atoms with Gasteiger partial charge in [0.2, 0.25) is 0 Å². The normalized spacial score (nSPS) is 19.8. The van der Waals surface area contributed by atoms with Crippen molar-refractivity contribution in [1.82, 2.24) is 29.7 Å². The van der Waals surface area contributed by atoms with Gasteiger partial charge >= 0.3 is 6.01 Å². The molecule has 3 fully saturated rings. The van der Waals surface area contributed by atoms with Crippen LogP contribution in [0, 0.1) is 17.7 Å². The third-order valence-corrected chi connectivity index (χ3v) is 10.6. The van der Waals surface area contributed by atoms with Gasteiger partial charge < -0.3 is 19.3 Å². The lowest BCUT2D eigenvalue weighted by molar-refractivity contribution is -0.124. The maximum Gasteiger partial charge on any atom is 0.318 e. The van der Waals surface area contributed by atoms with Gasteiger partial charge in [-0.2, -0.15) is 9.97 Å². The zero-order chi connectivity index (χ0) is 36.8. The molecule has 3 aliphatic heterocycles. The van der Waals surface area contributed by atoms with Crippen molar-refractivity contribution in [2.75, 3.05) is 78.6 Å². The van der Waals surface area contributed by atoms with E-state index < -0.39 is 12.0 Å². The van der Waals surface area contributed by atoms with E-state index in [-0.39, 0.29) is 29.2 Å². The Bertz CT molecular complexity index is 1940. The van der Waals surface area contributed by atoms with E-state index >= 15 is 4.39 Å². The van der Waals surface area contributed by atoms with Crippen molar-refractivity contribution in [3.63, 3.8) is 0 Å². The topological polar surface area (TPSA) is 87.2 Å². The summed E-state index contributed by atoms with van der Waals surface area (Å²) in [5.41, 5.74) is 0.802. The van der Waals surface area contributed by atoms with Crippen LogP contribution in [-0.4, -0.2) is 128 Å². The fourth-order valence-corrected chi connectivity index (χ4v) is 7.66. The first-order chi connectivity index (χ1) is 25.2. The Morgan fingerprint density at radius 2 is 1.92 bits per heavy atom. The van der Waals surface area contributed by atoms with Crippen LogP contribution in [0.4, 0.5) is 14.6 Å². The van der Waals surface area contributed by atoms with Crippen molar-refractivity contribution < 1.29 is 23.0 Å². The zero-order valence-electron chi connectivity index (χ0n) is 30.2. The number of pyridine rings is 1. The number of amides is 1. The summed E-state index contributed by atoms with van der Waals surface area (Å²) in [5.74, 6) is 5.44. The van der Waals surface area contributed by atoms with Gasteiger partial charge in [-0.25, -0.2) is 8.78 Å². The first kappa shape index (κ1) is 37.6. The summed E-state index contributed by atoms with van der Waals surface area (Å²) < 4.78 is 39.3. The summed E-state index contributed by atoms with van der Waals surface area (Å²) in [5, 5.41) is 2.54. The lowest BCUT2D eigenvalue weighted by atomic mass is 10.0. The van der Waals surface area contributed by atoms with E-state index in [4.69, 9.17) is 21.1 Å². The van der Waals surface area contributed by atoms with Crippen LogP contribution in [0.2, 0.25) is 5.02 Å². The quantitative estimate of drug-likeness (QED) is 0.197. The van der Waals surface area contributed by atoms with Crippen LogP contribution in [-0.2, 0) is 9.53 Å². The van der Waals surface area contributed by atoms with Gasteiger partial charge in [0, 0.05) is 74.6 Å². The molecule has 7 rings (SSSR count). The maximum absolute atomic E-state index is 16.2. The number of hydrogen-bond donors (Lipinski definition) is 0. The Morgan fingerprint density at radius 3 is 2.67 bits per heavy atom. The molecule has 0 saturated carbocycles. The van der Waals surface area contributed by atoms with Crippen LogP contribution in [0.15, 0.2) is 42.6 Å². The number of ether oxygens (including phenoxy) is 2. The molecule has 0 bridgehead atoms. The van der Waals surface area contributed by atoms with Crippen LogP contribution < -0.4 is 9.64 Å². The van der Waals surface area contributed by atoms with E-state index in [0.717, 1.165) is 31.4 Å². The molecule has 4 aromatic rings. The van der Waals surface area contributed by atoms with E-state index in [1.165, 1.54) is 20.0 Å². The number of benzene rings is 2. The number of anilines is 1. The Morgan fingerprint density at radius 1 is 1.12 bits per heavy atom.